The summed E-state index contributed by atoms with van der Waals surface area (Å²) in [4.78, 5) is 21.2. The molecule has 0 amide bonds. The summed E-state index contributed by atoms with van der Waals surface area (Å²) in [6, 6.07) is 1.92. The second kappa shape index (κ2) is 4.70. The molecule has 0 radical (unpaired) electrons. The van der Waals surface area contributed by atoms with E-state index in [1.165, 1.54) is 0 Å². The maximum atomic E-state index is 12.6. The Morgan fingerprint density at radius 1 is 1.25 bits per heavy atom. The lowest BCUT2D eigenvalue weighted by molar-refractivity contribution is 0.616. The first-order valence-electron chi connectivity index (χ1n) is 6.85. The molecule has 0 aromatic carbocycles. The molecule has 0 fully saturated rings. The third-order valence-electron chi connectivity index (χ3n) is 3.45. The van der Waals surface area contributed by atoms with Crippen molar-refractivity contribution < 1.29 is 0 Å². The van der Waals surface area contributed by atoms with Gasteiger partial charge in [-0.25, -0.2) is 4.98 Å². The van der Waals surface area contributed by atoms with Gasteiger partial charge in [0, 0.05) is 12.7 Å². The second-order valence-corrected chi connectivity index (χ2v) is 5.00. The predicted molar refractivity (Wildman–Crippen MR) is 76.9 cm³/mol. The molecular formula is C14H17N5O. The lowest BCUT2D eigenvalue weighted by Gasteiger charge is -2.08. The van der Waals surface area contributed by atoms with Crippen LogP contribution in [0.2, 0.25) is 0 Å². The molecule has 0 spiro atoms. The van der Waals surface area contributed by atoms with Gasteiger partial charge in [-0.1, -0.05) is 13.3 Å². The average molecular weight is 271 g/mol. The summed E-state index contributed by atoms with van der Waals surface area (Å²) in [6.07, 6.45) is 3.88. The molecule has 0 bridgehead atoms. The zero-order valence-corrected chi connectivity index (χ0v) is 11.9. The van der Waals surface area contributed by atoms with Crippen molar-refractivity contribution in [2.45, 2.75) is 40.2 Å². The summed E-state index contributed by atoms with van der Waals surface area (Å²) in [5, 5.41) is 4.94. The zero-order chi connectivity index (χ0) is 14.3. The lowest BCUT2D eigenvalue weighted by atomic mass is 10.2. The number of aryl methyl sites for hydroxylation is 3. The monoisotopic (exact) mass is 271 g/mol. The van der Waals surface area contributed by atoms with Crippen LogP contribution in [0.1, 0.15) is 31.3 Å². The van der Waals surface area contributed by atoms with E-state index in [0.29, 0.717) is 22.7 Å². The number of nitrogens with zero attached hydrogens (tertiary/aromatic N) is 5. The summed E-state index contributed by atoms with van der Waals surface area (Å²) in [7, 11) is 0. The number of hydrogen-bond acceptors (Lipinski definition) is 4. The molecule has 0 atom stereocenters. The highest BCUT2D eigenvalue weighted by atomic mass is 16.1. The number of aromatic nitrogens is 5. The van der Waals surface area contributed by atoms with Crippen molar-refractivity contribution in [3.05, 3.63) is 34.1 Å². The van der Waals surface area contributed by atoms with Crippen LogP contribution in [0.15, 0.2) is 17.1 Å². The normalized spacial score (nSPS) is 11.6. The van der Waals surface area contributed by atoms with E-state index in [0.717, 1.165) is 24.9 Å². The van der Waals surface area contributed by atoms with Gasteiger partial charge in [-0.05, 0) is 26.3 Å². The Labute approximate surface area is 116 Å². The molecule has 3 aromatic heterocycles. The van der Waals surface area contributed by atoms with Gasteiger partial charge in [0.15, 0.2) is 0 Å². The summed E-state index contributed by atoms with van der Waals surface area (Å²) >= 11 is 0. The van der Waals surface area contributed by atoms with Gasteiger partial charge in [0.05, 0.1) is 16.6 Å². The minimum Gasteiger partial charge on any atom is -0.315 e. The first-order chi connectivity index (χ1) is 9.61. The minimum absolute atomic E-state index is 0.00370. The first-order valence-corrected chi connectivity index (χ1v) is 6.85. The molecule has 6 heteroatoms. The van der Waals surface area contributed by atoms with Gasteiger partial charge in [0.1, 0.15) is 5.82 Å². The molecule has 0 aliphatic carbocycles. The van der Waals surface area contributed by atoms with Crippen LogP contribution in [0.25, 0.3) is 16.7 Å². The van der Waals surface area contributed by atoms with Crippen LogP contribution in [0.5, 0.6) is 0 Å². The topological polar surface area (TPSA) is 65.1 Å². The minimum atomic E-state index is -0.00370. The SMILES string of the molecule is CCCCn1ccc2c(c(C)nc3nc(C)nn32)c1=O. The fraction of sp³-hybridized carbons (Fsp3) is 0.429. The highest BCUT2D eigenvalue weighted by molar-refractivity contribution is 5.81. The van der Waals surface area contributed by atoms with E-state index in [2.05, 4.69) is 22.0 Å². The van der Waals surface area contributed by atoms with E-state index in [1.807, 2.05) is 26.1 Å². The van der Waals surface area contributed by atoms with Crippen LogP contribution in [0.3, 0.4) is 0 Å². The van der Waals surface area contributed by atoms with Crippen LogP contribution in [-0.4, -0.2) is 24.1 Å². The van der Waals surface area contributed by atoms with E-state index in [4.69, 9.17) is 0 Å². The number of hydrogen-bond donors (Lipinski definition) is 0. The van der Waals surface area contributed by atoms with Gasteiger partial charge in [0.25, 0.3) is 11.3 Å². The fourth-order valence-corrected chi connectivity index (χ4v) is 2.43. The number of rotatable bonds is 3. The third kappa shape index (κ3) is 1.88. The standard InChI is InChI=1S/C14H17N5O/c1-4-5-7-18-8-6-11-12(13(18)20)9(2)15-14-16-10(3)17-19(11)14/h6,8H,4-5,7H2,1-3H3. The van der Waals surface area contributed by atoms with Crippen molar-refractivity contribution in [1.82, 2.24) is 24.1 Å². The van der Waals surface area contributed by atoms with E-state index >= 15 is 0 Å². The molecule has 3 aromatic rings. The quantitative estimate of drug-likeness (QED) is 0.729. The highest BCUT2D eigenvalue weighted by Crippen LogP contribution is 2.14. The summed E-state index contributed by atoms with van der Waals surface area (Å²) in [5.74, 6) is 1.19. The molecule has 6 nitrogen and oxygen atoms in total. The molecule has 3 heterocycles. The van der Waals surface area contributed by atoms with Crippen molar-refractivity contribution in [3.63, 3.8) is 0 Å². The first kappa shape index (κ1) is 12.8. The average Bonchev–Trinajstić information content (AvgIpc) is 2.78. The zero-order valence-electron chi connectivity index (χ0n) is 11.9. The van der Waals surface area contributed by atoms with Crippen molar-refractivity contribution in [1.29, 1.82) is 0 Å². The van der Waals surface area contributed by atoms with Crippen molar-refractivity contribution >= 4 is 16.7 Å². The van der Waals surface area contributed by atoms with Gasteiger partial charge in [0.2, 0.25) is 0 Å². The third-order valence-corrected chi connectivity index (χ3v) is 3.45. The van der Waals surface area contributed by atoms with Crippen molar-refractivity contribution in [2.75, 3.05) is 0 Å². The Morgan fingerprint density at radius 2 is 2.05 bits per heavy atom. The van der Waals surface area contributed by atoms with E-state index in [1.54, 1.807) is 9.08 Å². The van der Waals surface area contributed by atoms with Crippen molar-refractivity contribution in [3.8, 4) is 0 Å². The number of unbranched alkanes of at least 4 members (excludes halogenated alkanes) is 1. The summed E-state index contributed by atoms with van der Waals surface area (Å²) in [5.41, 5.74) is 1.47. The number of pyridine rings is 1. The van der Waals surface area contributed by atoms with Gasteiger partial charge < -0.3 is 4.57 Å². The van der Waals surface area contributed by atoms with Crippen molar-refractivity contribution in [2.24, 2.45) is 0 Å². The van der Waals surface area contributed by atoms with Gasteiger partial charge in [-0.3, -0.25) is 4.79 Å². The van der Waals surface area contributed by atoms with E-state index in [-0.39, 0.29) is 5.56 Å². The molecule has 0 aliphatic heterocycles. The number of fused-ring (bicyclic) bond motifs is 3. The second-order valence-electron chi connectivity index (χ2n) is 5.00. The summed E-state index contributed by atoms with van der Waals surface area (Å²) < 4.78 is 3.39. The lowest BCUT2D eigenvalue weighted by Crippen LogP contribution is -2.21. The van der Waals surface area contributed by atoms with Gasteiger partial charge in [-0.2, -0.15) is 9.50 Å². The molecule has 3 rings (SSSR count). The Hall–Kier alpha value is -2.24. The van der Waals surface area contributed by atoms with Crippen LogP contribution >= 0.6 is 0 Å². The largest absolute Gasteiger partial charge is 0.315 e. The Bertz CT molecular complexity index is 846. The predicted octanol–water partition coefficient (Wildman–Crippen LogP) is 1.86. The molecule has 104 valence electrons. The molecule has 0 unspecified atom stereocenters. The Balaban J connectivity index is 2.34. The highest BCUT2D eigenvalue weighted by Gasteiger charge is 2.12. The molecule has 0 aliphatic rings. The molecule has 0 saturated heterocycles. The maximum Gasteiger partial charge on any atom is 0.261 e. The summed E-state index contributed by atoms with van der Waals surface area (Å²) in [6.45, 7) is 6.51. The van der Waals surface area contributed by atoms with E-state index < -0.39 is 0 Å². The molecule has 20 heavy (non-hydrogen) atoms. The molecule has 0 saturated carbocycles. The van der Waals surface area contributed by atoms with Gasteiger partial charge >= 0.3 is 0 Å². The smallest absolute Gasteiger partial charge is 0.261 e. The van der Waals surface area contributed by atoms with Gasteiger partial charge in [-0.15, -0.1) is 5.10 Å². The Kier molecular flexibility index (Phi) is 3.00. The van der Waals surface area contributed by atoms with Crippen LogP contribution in [0, 0.1) is 13.8 Å². The van der Waals surface area contributed by atoms with Crippen LogP contribution < -0.4 is 5.56 Å². The Morgan fingerprint density at radius 3 is 2.80 bits per heavy atom. The van der Waals surface area contributed by atoms with Crippen LogP contribution in [0.4, 0.5) is 0 Å². The fourth-order valence-electron chi connectivity index (χ4n) is 2.43. The molecular weight excluding hydrogens is 254 g/mol. The van der Waals surface area contributed by atoms with E-state index in [9.17, 15) is 4.79 Å². The van der Waals surface area contributed by atoms with Crippen LogP contribution in [-0.2, 0) is 6.54 Å². The molecule has 0 N–H and O–H groups in total. The maximum absolute atomic E-state index is 12.6.